The van der Waals surface area contributed by atoms with Crippen molar-refractivity contribution in [3.8, 4) is 0 Å². The summed E-state index contributed by atoms with van der Waals surface area (Å²) in [5.74, 6) is 0. The van der Waals surface area contributed by atoms with Crippen molar-refractivity contribution in [3.63, 3.8) is 0 Å². The molecular weight excluding hydrogens is 552 g/mol. The van der Waals surface area contributed by atoms with Crippen LogP contribution in [-0.4, -0.2) is 73.2 Å². The van der Waals surface area contributed by atoms with Crippen molar-refractivity contribution in [1.29, 1.82) is 0 Å². The minimum absolute atomic E-state index is 0. The van der Waals surface area contributed by atoms with Crippen molar-refractivity contribution in [1.82, 2.24) is 0 Å². The molecule has 0 aromatic rings. The highest BCUT2D eigenvalue weighted by molar-refractivity contribution is 4.72. The Bertz CT molecular complexity index is 548. The van der Waals surface area contributed by atoms with Crippen LogP contribution in [0, 0.1) is 5.41 Å². The molecule has 0 unspecified atom stereocenters. The van der Waals surface area contributed by atoms with Crippen LogP contribution in [0.3, 0.4) is 0 Å². The lowest BCUT2D eigenvalue weighted by Crippen LogP contribution is -2.34. The van der Waals surface area contributed by atoms with Crippen LogP contribution in [0.15, 0.2) is 0 Å². The molecule has 0 spiro atoms. The Labute approximate surface area is 281 Å². The van der Waals surface area contributed by atoms with Gasteiger partial charge in [0.05, 0.1) is 60.0 Å². The van der Waals surface area contributed by atoms with Gasteiger partial charge >= 0.3 is 0 Å². The molecule has 6 heteroatoms. The van der Waals surface area contributed by atoms with E-state index in [0.29, 0.717) is 13.2 Å². The summed E-state index contributed by atoms with van der Waals surface area (Å²) in [6, 6.07) is 0. The highest BCUT2D eigenvalue weighted by atomic mass is 16.5. The molecule has 0 aliphatic carbocycles. The van der Waals surface area contributed by atoms with Crippen molar-refractivity contribution < 1.29 is 28.4 Å². The maximum absolute atomic E-state index is 5.78. The molecule has 0 atom stereocenters. The lowest BCUT2D eigenvalue weighted by molar-refractivity contribution is -0.0951. The Morgan fingerprint density at radius 3 is 0.636 bits per heavy atom. The van der Waals surface area contributed by atoms with Crippen molar-refractivity contribution in [2.75, 3.05) is 39.6 Å². The van der Waals surface area contributed by atoms with Gasteiger partial charge in [-0.25, -0.2) is 0 Å². The Morgan fingerprint density at radius 2 is 0.455 bits per heavy atom. The van der Waals surface area contributed by atoms with Gasteiger partial charge in [-0.05, 0) is 131 Å². The van der Waals surface area contributed by atoms with E-state index in [1.54, 1.807) is 0 Å². The third-order valence-electron chi connectivity index (χ3n) is 4.30. The van der Waals surface area contributed by atoms with E-state index in [4.69, 9.17) is 28.4 Å². The maximum atomic E-state index is 5.78. The van der Waals surface area contributed by atoms with E-state index >= 15 is 0 Å². The van der Waals surface area contributed by atoms with E-state index in [9.17, 15) is 0 Å². The van der Waals surface area contributed by atoms with Gasteiger partial charge in [-0.1, -0.05) is 43.6 Å². The van der Waals surface area contributed by atoms with Gasteiger partial charge in [0, 0.05) is 18.6 Å². The smallest absolute Gasteiger partial charge is 0.0707 e. The average Bonchev–Trinajstić information content (AvgIpc) is 2.65. The first-order valence-electron chi connectivity index (χ1n) is 15.2. The predicted octanol–water partition coefficient (Wildman–Crippen LogP) is 11.8. The molecule has 0 N–H and O–H groups in total. The van der Waals surface area contributed by atoms with E-state index in [-0.39, 0.29) is 68.7 Å². The quantitative estimate of drug-likeness (QED) is 0.209. The van der Waals surface area contributed by atoms with Crippen LogP contribution >= 0.6 is 0 Å². The van der Waals surface area contributed by atoms with E-state index in [0.717, 1.165) is 32.8 Å². The fraction of sp³-hybridized carbons (Fsp3) is 1.00. The molecular formula is C38H90O6. The molecule has 0 aromatic carbocycles. The zero-order chi connectivity index (χ0) is 32.7. The van der Waals surface area contributed by atoms with Gasteiger partial charge in [0.15, 0.2) is 0 Å². The predicted molar refractivity (Wildman–Crippen MR) is 200 cm³/mol. The Hall–Kier alpha value is -0.240. The molecule has 0 saturated carbocycles. The van der Waals surface area contributed by atoms with Gasteiger partial charge < -0.3 is 28.4 Å². The highest BCUT2D eigenvalue weighted by Crippen LogP contribution is 2.22. The number of rotatable bonds is 11. The van der Waals surface area contributed by atoms with Crippen LogP contribution in [-0.2, 0) is 28.4 Å². The monoisotopic (exact) mass is 643 g/mol. The lowest BCUT2D eigenvalue weighted by Gasteiger charge is -2.32. The molecule has 0 heterocycles. The van der Waals surface area contributed by atoms with Gasteiger partial charge in [0.2, 0.25) is 0 Å². The number of hydrogen-bond acceptors (Lipinski definition) is 6. The van der Waals surface area contributed by atoms with Crippen LogP contribution in [0.2, 0.25) is 0 Å². The molecule has 0 fully saturated rings. The molecule has 0 bridgehead atoms. The Balaban J connectivity index is -0.0000000898. The molecule has 0 rings (SSSR count). The van der Waals surface area contributed by atoms with E-state index < -0.39 is 0 Å². The minimum Gasteiger partial charge on any atom is -0.376 e. The standard InChI is InChI=1S/C13H28O2.C11H24O2.C10H22O2.4CH4/c1-11(2,3)14-9-13(7,8)10-15-12(4,5)6;1-10(2,3)12-8-7-9-13-11(4,5)6;1-9(2,3)11-7-8-12-10(4,5)6;;;;/h9-10H2,1-8H3;7-9H2,1-6H3;7-8H2,1-6H3;4*1H4. The van der Waals surface area contributed by atoms with Crippen molar-refractivity contribution >= 4 is 0 Å². The normalized spacial score (nSPS) is 12.5. The van der Waals surface area contributed by atoms with E-state index in [1.807, 2.05) is 41.5 Å². The molecule has 6 nitrogen and oxygen atoms in total. The molecule has 0 aliphatic rings. The molecule has 0 aliphatic heterocycles. The minimum atomic E-state index is -0.0704. The van der Waals surface area contributed by atoms with E-state index in [2.05, 4.69) is 96.9 Å². The molecule has 0 amide bonds. The Kier molecular flexibility index (Phi) is 33.5. The SMILES string of the molecule is C.C.C.C.CC(C)(C)OCCCOC(C)(C)C.CC(C)(C)OCCOC(C)(C)C.CC(C)(COC(C)(C)C)COC(C)(C)C. The van der Waals surface area contributed by atoms with Crippen molar-refractivity contribution in [2.45, 2.75) is 208 Å². The summed E-state index contributed by atoms with van der Waals surface area (Å²) < 4.78 is 33.7. The van der Waals surface area contributed by atoms with Gasteiger partial charge in [0.25, 0.3) is 0 Å². The summed E-state index contributed by atoms with van der Waals surface area (Å²) >= 11 is 0. The summed E-state index contributed by atoms with van der Waals surface area (Å²) in [7, 11) is 0. The van der Waals surface area contributed by atoms with Crippen LogP contribution < -0.4 is 0 Å². The molecule has 0 saturated heterocycles. The van der Waals surface area contributed by atoms with Crippen LogP contribution in [0.25, 0.3) is 0 Å². The summed E-state index contributed by atoms with van der Waals surface area (Å²) in [5, 5.41) is 0. The van der Waals surface area contributed by atoms with Gasteiger partial charge in [-0.2, -0.15) is 0 Å². The number of hydrogen-bond donors (Lipinski definition) is 0. The average molecular weight is 643 g/mol. The topological polar surface area (TPSA) is 55.4 Å². The van der Waals surface area contributed by atoms with Crippen molar-refractivity contribution in [3.05, 3.63) is 0 Å². The van der Waals surface area contributed by atoms with Crippen LogP contribution in [0.1, 0.15) is 175 Å². The first-order valence-corrected chi connectivity index (χ1v) is 15.2. The summed E-state index contributed by atoms with van der Waals surface area (Å²) in [4.78, 5) is 0. The first kappa shape index (κ1) is 59.2. The molecule has 0 radical (unpaired) electrons. The molecule has 0 aromatic heterocycles. The second-order valence-corrected chi connectivity index (χ2v) is 17.2. The largest absolute Gasteiger partial charge is 0.376 e. The zero-order valence-electron chi connectivity index (χ0n) is 30.9. The second-order valence-electron chi connectivity index (χ2n) is 17.2. The third kappa shape index (κ3) is 64.6. The Morgan fingerprint density at radius 1 is 0.273 bits per heavy atom. The molecule has 44 heavy (non-hydrogen) atoms. The molecule has 278 valence electrons. The van der Waals surface area contributed by atoms with Gasteiger partial charge in [-0.3, -0.25) is 0 Å². The lowest BCUT2D eigenvalue weighted by atomic mass is 9.95. The van der Waals surface area contributed by atoms with E-state index in [1.165, 1.54) is 0 Å². The highest BCUT2D eigenvalue weighted by Gasteiger charge is 2.25. The summed E-state index contributed by atoms with van der Waals surface area (Å²) in [5.41, 5.74) is -0.232. The van der Waals surface area contributed by atoms with Crippen molar-refractivity contribution in [2.24, 2.45) is 5.41 Å². The van der Waals surface area contributed by atoms with Crippen LogP contribution in [0.5, 0.6) is 0 Å². The maximum Gasteiger partial charge on any atom is 0.0707 e. The zero-order valence-corrected chi connectivity index (χ0v) is 30.9. The van der Waals surface area contributed by atoms with Gasteiger partial charge in [0.1, 0.15) is 0 Å². The summed E-state index contributed by atoms with van der Waals surface area (Å²) in [6.07, 6.45) is 0.967. The fourth-order valence-corrected chi connectivity index (χ4v) is 2.38. The fourth-order valence-electron chi connectivity index (χ4n) is 2.38. The van der Waals surface area contributed by atoms with Crippen LogP contribution in [0.4, 0.5) is 0 Å². The first-order chi connectivity index (χ1) is 17.3. The van der Waals surface area contributed by atoms with Gasteiger partial charge in [-0.15, -0.1) is 0 Å². The second kappa shape index (κ2) is 24.9. The summed E-state index contributed by atoms with van der Waals surface area (Å²) in [6.45, 7) is 45.8. The number of ether oxygens (including phenoxy) is 6. The third-order valence-corrected chi connectivity index (χ3v) is 4.30.